The van der Waals surface area contributed by atoms with Crippen molar-refractivity contribution < 1.29 is 22.7 Å². The molecule has 23 heavy (non-hydrogen) atoms. The number of nitrogens with two attached hydrogens (primary N) is 1. The summed E-state index contributed by atoms with van der Waals surface area (Å²) in [6.07, 6.45) is -3.02. The number of nitrogens with one attached hydrogen (secondary N) is 1. The highest BCUT2D eigenvalue weighted by Gasteiger charge is 2.30. The molecule has 132 valence electrons. The zero-order valence-corrected chi connectivity index (χ0v) is 13.9. The normalized spacial score (nSPS) is 11.6. The first-order valence-electron chi connectivity index (χ1n) is 7.07. The van der Waals surface area contributed by atoms with E-state index in [1.807, 2.05) is 13.8 Å². The van der Waals surface area contributed by atoms with Crippen LogP contribution in [0.15, 0.2) is 24.3 Å². The lowest BCUT2D eigenvalue weighted by atomic mass is 9.93. The first-order valence-corrected chi connectivity index (χ1v) is 7.07. The van der Waals surface area contributed by atoms with Crippen molar-refractivity contribution in [3.63, 3.8) is 0 Å². The van der Waals surface area contributed by atoms with Crippen molar-refractivity contribution in [2.75, 3.05) is 13.2 Å². The second kappa shape index (κ2) is 8.98. The van der Waals surface area contributed by atoms with Crippen LogP contribution in [0, 0.1) is 0 Å². The van der Waals surface area contributed by atoms with E-state index in [4.69, 9.17) is 10.5 Å². The average molecular weight is 355 g/mol. The summed E-state index contributed by atoms with van der Waals surface area (Å²) < 4.78 is 42.5. The van der Waals surface area contributed by atoms with Gasteiger partial charge >= 0.3 is 6.18 Å². The predicted molar refractivity (Wildman–Crippen MR) is 84.7 cm³/mol. The Hall–Kier alpha value is -1.47. The van der Waals surface area contributed by atoms with E-state index in [-0.39, 0.29) is 30.7 Å². The molecule has 0 bridgehead atoms. The topological polar surface area (TPSA) is 64.3 Å². The Morgan fingerprint density at radius 3 is 2.09 bits per heavy atom. The Morgan fingerprint density at radius 2 is 1.70 bits per heavy atom. The smallest absolute Gasteiger partial charge is 0.416 e. The third-order valence-electron chi connectivity index (χ3n) is 3.70. The number of benzene rings is 1. The van der Waals surface area contributed by atoms with Crippen molar-refractivity contribution >= 4 is 18.3 Å². The Balaban J connectivity index is 0.00000484. The Kier molecular flexibility index (Phi) is 8.41. The molecule has 0 saturated carbocycles. The van der Waals surface area contributed by atoms with E-state index in [9.17, 15) is 18.0 Å². The lowest BCUT2D eigenvalue weighted by molar-refractivity contribution is -0.137. The van der Waals surface area contributed by atoms with E-state index in [1.165, 1.54) is 12.1 Å². The molecule has 0 aliphatic heterocycles. The van der Waals surface area contributed by atoms with E-state index < -0.39 is 17.3 Å². The van der Waals surface area contributed by atoms with Gasteiger partial charge in [-0.25, -0.2) is 0 Å². The van der Waals surface area contributed by atoms with Crippen LogP contribution in [-0.2, 0) is 11.0 Å². The van der Waals surface area contributed by atoms with Gasteiger partial charge in [-0.15, -0.1) is 12.4 Å². The highest BCUT2D eigenvalue weighted by Crippen LogP contribution is 2.30. The summed E-state index contributed by atoms with van der Waals surface area (Å²) in [5, 5.41) is 2.82. The summed E-state index contributed by atoms with van der Waals surface area (Å²) >= 11 is 0. The van der Waals surface area contributed by atoms with Gasteiger partial charge in [0.05, 0.1) is 11.1 Å². The van der Waals surface area contributed by atoms with Crippen molar-refractivity contribution in [2.24, 2.45) is 5.73 Å². The van der Waals surface area contributed by atoms with Crippen LogP contribution in [0.2, 0.25) is 0 Å². The number of amides is 1. The van der Waals surface area contributed by atoms with Gasteiger partial charge in [0.1, 0.15) is 5.75 Å². The summed E-state index contributed by atoms with van der Waals surface area (Å²) in [4.78, 5) is 11.9. The minimum absolute atomic E-state index is 0. The van der Waals surface area contributed by atoms with Crippen LogP contribution in [0.1, 0.15) is 32.3 Å². The van der Waals surface area contributed by atoms with E-state index in [0.29, 0.717) is 19.4 Å². The van der Waals surface area contributed by atoms with Crippen LogP contribution >= 0.6 is 12.4 Å². The fourth-order valence-corrected chi connectivity index (χ4v) is 1.99. The molecule has 8 heteroatoms. The van der Waals surface area contributed by atoms with Gasteiger partial charge in [0.15, 0.2) is 6.61 Å². The first kappa shape index (κ1) is 21.5. The molecule has 0 fully saturated rings. The summed E-state index contributed by atoms with van der Waals surface area (Å²) in [7, 11) is 0. The molecule has 0 unspecified atom stereocenters. The molecule has 1 amide bonds. The number of halogens is 4. The van der Waals surface area contributed by atoms with Gasteiger partial charge in [-0.05, 0) is 37.1 Å². The zero-order valence-electron chi connectivity index (χ0n) is 13.1. The minimum atomic E-state index is -4.39. The van der Waals surface area contributed by atoms with Gasteiger partial charge in [-0.3, -0.25) is 4.79 Å². The Bertz CT molecular complexity index is 480. The lowest BCUT2D eigenvalue weighted by Gasteiger charge is -2.31. The van der Waals surface area contributed by atoms with E-state index >= 15 is 0 Å². The molecule has 0 atom stereocenters. The quantitative estimate of drug-likeness (QED) is 0.790. The van der Waals surface area contributed by atoms with Gasteiger partial charge in [-0.1, -0.05) is 13.8 Å². The van der Waals surface area contributed by atoms with Crippen molar-refractivity contribution in [3.8, 4) is 5.75 Å². The number of carbonyl (C=O) groups is 1. The molecule has 0 aliphatic rings. The maximum Gasteiger partial charge on any atom is 0.416 e. The number of alkyl halides is 3. The standard InChI is InChI=1S/C15H21F3N2O2.ClH/c1-3-14(4-2,10-19)20-13(21)9-22-12-7-5-11(6-8-12)15(16,17)18;/h5-8H,3-4,9-10,19H2,1-2H3,(H,20,21);1H. The summed E-state index contributed by atoms with van der Waals surface area (Å²) in [5.41, 5.74) is 4.45. The molecule has 0 aromatic heterocycles. The van der Waals surface area contributed by atoms with Crippen LogP contribution in [0.3, 0.4) is 0 Å². The van der Waals surface area contributed by atoms with Crippen LogP contribution in [0.25, 0.3) is 0 Å². The second-order valence-corrected chi connectivity index (χ2v) is 5.05. The summed E-state index contributed by atoms with van der Waals surface area (Å²) in [6.45, 7) is 3.89. The van der Waals surface area contributed by atoms with Crippen molar-refractivity contribution in [3.05, 3.63) is 29.8 Å². The van der Waals surface area contributed by atoms with Gasteiger partial charge in [0, 0.05) is 6.54 Å². The van der Waals surface area contributed by atoms with Gasteiger partial charge < -0.3 is 15.8 Å². The second-order valence-electron chi connectivity index (χ2n) is 5.05. The number of hydrogen-bond acceptors (Lipinski definition) is 3. The maximum absolute atomic E-state index is 12.4. The monoisotopic (exact) mass is 354 g/mol. The van der Waals surface area contributed by atoms with Gasteiger partial charge in [0.2, 0.25) is 0 Å². The molecule has 3 N–H and O–H groups in total. The number of ether oxygens (including phenoxy) is 1. The van der Waals surface area contributed by atoms with E-state index in [2.05, 4.69) is 5.32 Å². The van der Waals surface area contributed by atoms with Crippen LogP contribution in [-0.4, -0.2) is 24.6 Å². The largest absolute Gasteiger partial charge is 0.484 e. The molecule has 1 rings (SSSR count). The van der Waals surface area contributed by atoms with E-state index in [1.54, 1.807) is 0 Å². The lowest BCUT2D eigenvalue weighted by Crippen LogP contribution is -2.54. The molecule has 0 heterocycles. The van der Waals surface area contributed by atoms with Crippen molar-refractivity contribution in [1.29, 1.82) is 0 Å². The molecule has 1 aromatic carbocycles. The number of carbonyl (C=O) groups excluding carboxylic acids is 1. The fraction of sp³-hybridized carbons (Fsp3) is 0.533. The number of hydrogen-bond donors (Lipinski definition) is 2. The molecular weight excluding hydrogens is 333 g/mol. The molecule has 1 aromatic rings. The zero-order chi connectivity index (χ0) is 16.8. The third kappa shape index (κ3) is 6.27. The summed E-state index contributed by atoms with van der Waals surface area (Å²) in [5.74, 6) is -0.149. The predicted octanol–water partition coefficient (Wildman–Crippen LogP) is 3.14. The molecule has 0 spiro atoms. The third-order valence-corrected chi connectivity index (χ3v) is 3.70. The van der Waals surface area contributed by atoms with Gasteiger partial charge in [-0.2, -0.15) is 13.2 Å². The average Bonchev–Trinajstić information content (AvgIpc) is 2.50. The molecule has 4 nitrogen and oxygen atoms in total. The molecule has 0 aliphatic carbocycles. The number of rotatable bonds is 7. The maximum atomic E-state index is 12.4. The van der Waals surface area contributed by atoms with Crippen molar-refractivity contribution in [1.82, 2.24) is 5.32 Å². The SMILES string of the molecule is CCC(CC)(CN)NC(=O)COc1ccc(C(F)(F)F)cc1.Cl. The summed E-state index contributed by atoms with van der Waals surface area (Å²) in [6, 6.07) is 4.20. The molecule has 0 radical (unpaired) electrons. The van der Waals surface area contributed by atoms with E-state index in [0.717, 1.165) is 12.1 Å². The van der Waals surface area contributed by atoms with Crippen molar-refractivity contribution in [2.45, 2.75) is 38.4 Å². The minimum Gasteiger partial charge on any atom is -0.484 e. The molecular formula is C15H22ClF3N2O2. The Morgan fingerprint density at radius 1 is 1.17 bits per heavy atom. The molecule has 0 saturated heterocycles. The first-order chi connectivity index (χ1) is 10.3. The Labute approximate surface area is 140 Å². The van der Waals surface area contributed by atoms with Crippen LogP contribution in [0.5, 0.6) is 5.75 Å². The van der Waals surface area contributed by atoms with Gasteiger partial charge in [0.25, 0.3) is 5.91 Å². The fourth-order valence-electron chi connectivity index (χ4n) is 1.99. The van der Waals surface area contributed by atoms with Crippen LogP contribution in [0.4, 0.5) is 13.2 Å². The van der Waals surface area contributed by atoms with Crippen LogP contribution < -0.4 is 15.8 Å². The highest BCUT2D eigenvalue weighted by molar-refractivity contribution is 5.85. The highest BCUT2D eigenvalue weighted by atomic mass is 35.5.